The van der Waals surface area contributed by atoms with Gasteiger partial charge >= 0.3 is 0 Å². The lowest BCUT2D eigenvalue weighted by Crippen LogP contribution is -2.13. The van der Waals surface area contributed by atoms with Gasteiger partial charge in [0.15, 0.2) is 11.5 Å². The fraction of sp³-hybridized carbons (Fsp3) is 0.167. The van der Waals surface area contributed by atoms with Crippen molar-refractivity contribution in [1.82, 2.24) is 10.2 Å². The lowest BCUT2D eigenvalue weighted by molar-refractivity contribution is -0.113. The molecule has 0 aliphatic heterocycles. The Hall–Kier alpha value is -3.00. The molecule has 1 aromatic heterocycles. The monoisotopic (exact) mass is 371 g/mol. The van der Waals surface area contributed by atoms with Gasteiger partial charge in [0.2, 0.25) is 11.8 Å². The summed E-state index contributed by atoms with van der Waals surface area (Å²) in [4.78, 5) is 12.0. The maximum atomic E-state index is 12.0. The molecule has 0 atom stereocenters. The summed E-state index contributed by atoms with van der Waals surface area (Å²) < 4.78 is 16.1. The molecular formula is C18H17N3O4S. The molecular weight excluding hydrogens is 354 g/mol. The van der Waals surface area contributed by atoms with Crippen LogP contribution in [-0.2, 0) is 4.79 Å². The number of amides is 1. The zero-order chi connectivity index (χ0) is 18.4. The third-order valence-electron chi connectivity index (χ3n) is 3.42. The average molecular weight is 371 g/mol. The summed E-state index contributed by atoms with van der Waals surface area (Å²) in [7, 11) is 3.13. The Labute approximate surface area is 154 Å². The first kappa shape index (κ1) is 17.8. The van der Waals surface area contributed by atoms with Gasteiger partial charge in [0.05, 0.1) is 20.0 Å². The third-order valence-corrected chi connectivity index (χ3v) is 4.24. The van der Waals surface area contributed by atoms with Crippen LogP contribution in [0.2, 0.25) is 0 Å². The maximum Gasteiger partial charge on any atom is 0.277 e. The molecule has 0 unspecified atom stereocenters. The van der Waals surface area contributed by atoms with Crippen molar-refractivity contribution in [3.05, 3.63) is 48.5 Å². The number of ether oxygens (including phenoxy) is 2. The van der Waals surface area contributed by atoms with Gasteiger partial charge in [-0.25, -0.2) is 0 Å². The minimum absolute atomic E-state index is 0.146. The minimum Gasteiger partial charge on any atom is -0.493 e. The number of hydrogen-bond acceptors (Lipinski definition) is 7. The van der Waals surface area contributed by atoms with E-state index in [2.05, 4.69) is 15.5 Å². The van der Waals surface area contributed by atoms with E-state index in [0.717, 1.165) is 5.69 Å². The second-order valence-corrected chi connectivity index (χ2v) is 6.07. The summed E-state index contributed by atoms with van der Waals surface area (Å²) in [5.41, 5.74) is 1.45. The quantitative estimate of drug-likeness (QED) is 0.636. The number of thioether (sulfide) groups is 1. The van der Waals surface area contributed by atoms with E-state index in [1.165, 1.54) is 11.8 Å². The van der Waals surface area contributed by atoms with E-state index >= 15 is 0 Å². The number of methoxy groups -OCH3 is 2. The van der Waals surface area contributed by atoms with Gasteiger partial charge in [-0.2, -0.15) is 0 Å². The smallest absolute Gasteiger partial charge is 0.277 e. The first-order valence-corrected chi connectivity index (χ1v) is 8.71. The van der Waals surface area contributed by atoms with Crippen LogP contribution < -0.4 is 14.8 Å². The Kier molecular flexibility index (Phi) is 5.75. The van der Waals surface area contributed by atoms with E-state index in [0.29, 0.717) is 28.2 Å². The molecule has 0 aliphatic rings. The van der Waals surface area contributed by atoms with Gasteiger partial charge in [0.1, 0.15) is 0 Å². The van der Waals surface area contributed by atoms with E-state index in [4.69, 9.17) is 13.9 Å². The van der Waals surface area contributed by atoms with E-state index in [-0.39, 0.29) is 11.7 Å². The van der Waals surface area contributed by atoms with Crippen LogP contribution in [0.4, 0.5) is 5.69 Å². The second kappa shape index (κ2) is 8.39. The van der Waals surface area contributed by atoms with Crippen molar-refractivity contribution >= 4 is 23.4 Å². The van der Waals surface area contributed by atoms with Gasteiger partial charge in [0, 0.05) is 11.3 Å². The largest absolute Gasteiger partial charge is 0.493 e. The minimum atomic E-state index is -0.146. The van der Waals surface area contributed by atoms with Crippen molar-refractivity contribution in [3.8, 4) is 23.0 Å². The van der Waals surface area contributed by atoms with Crippen molar-refractivity contribution in [2.24, 2.45) is 0 Å². The number of nitrogens with one attached hydrogen (secondary N) is 1. The zero-order valence-corrected chi connectivity index (χ0v) is 15.1. The molecule has 2 aromatic carbocycles. The molecule has 0 bridgehead atoms. The SMILES string of the molecule is COc1ccc(-c2nnc(SCC(=O)Nc3ccccc3)o2)cc1OC. The molecule has 0 aliphatic carbocycles. The number of nitrogens with zero attached hydrogens (tertiary/aromatic N) is 2. The number of para-hydroxylation sites is 1. The molecule has 0 radical (unpaired) electrons. The third kappa shape index (κ3) is 4.34. The average Bonchev–Trinajstić information content (AvgIpc) is 3.15. The summed E-state index contributed by atoms with van der Waals surface area (Å²) in [5.74, 6) is 1.55. The molecule has 0 spiro atoms. The molecule has 3 aromatic rings. The van der Waals surface area contributed by atoms with Crippen molar-refractivity contribution in [2.75, 3.05) is 25.3 Å². The van der Waals surface area contributed by atoms with Crippen molar-refractivity contribution < 1.29 is 18.7 Å². The molecule has 1 N–H and O–H groups in total. The van der Waals surface area contributed by atoms with Crippen LogP contribution in [0, 0.1) is 0 Å². The summed E-state index contributed by atoms with van der Waals surface area (Å²) in [6.07, 6.45) is 0. The number of aromatic nitrogens is 2. The van der Waals surface area contributed by atoms with Crippen molar-refractivity contribution in [2.45, 2.75) is 5.22 Å². The molecule has 1 amide bonds. The van der Waals surface area contributed by atoms with Crippen LogP contribution in [0.3, 0.4) is 0 Å². The topological polar surface area (TPSA) is 86.5 Å². The number of benzene rings is 2. The normalized spacial score (nSPS) is 10.4. The summed E-state index contributed by atoms with van der Waals surface area (Å²) >= 11 is 1.17. The fourth-order valence-electron chi connectivity index (χ4n) is 2.20. The highest BCUT2D eigenvalue weighted by molar-refractivity contribution is 7.99. The molecule has 1 heterocycles. The molecule has 0 saturated heterocycles. The Morgan fingerprint density at radius 2 is 1.85 bits per heavy atom. The zero-order valence-electron chi connectivity index (χ0n) is 14.3. The summed E-state index contributed by atoms with van der Waals surface area (Å²) in [5, 5.41) is 11.1. The first-order chi connectivity index (χ1) is 12.7. The van der Waals surface area contributed by atoms with E-state index in [1.807, 2.05) is 30.3 Å². The number of rotatable bonds is 7. The van der Waals surface area contributed by atoms with Crippen LogP contribution in [0.15, 0.2) is 58.2 Å². The number of carbonyl (C=O) groups is 1. The van der Waals surface area contributed by atoms with Crippen LogP contribution in [0.5, 0.6) is 11.5 Å². The maximum absolute atomic E-state index is 12.0. The highest BCUT2D eigenvalue weighted by atomic mass is 32.2. The van der Waals surface area contributed by atoms with Crippen LogP contribution in [0.25, 0.3) is 11.5 Å². The van der Waals surface area contributed by atoms with E-state index in [1.54, 1.807) is 32.4 Å². The second-order valence-electron chi connectivity index (χ2n) is 5.15. The number of hydrogen-bond donors (Lipinski definition) is 1. The molecule has 8 heteroatoms. The predicted octanol–water partition coefficient (Wildman–Crippen LogP) is 3.48. The molecule has 134 valence electrons. The Bertz CT molecular complexity index is 883. The highest BCUT2D eigenvalue weighted by Gasteiger charge is 2.13. The highest BCUT2D eigenvalue weighted by Crippen LogP contribution is 2.32. The molecule has 3 rings (SSSR count). The van der Waals surface area contributed by atoms with E-state index in [9.17, 15) is 4.79 Å². The Morgan fingerprint density at radius 3 is 2.58 bits per heavy atom. The standard InChI is InChI=1S/C18H17N3O4S/c1-23-14-9-8-12(10-15(14)24-2)17-20-21-18(25-17)26-11-16(22)19-13-6-4-3-5-7-13/h3-10H,11H2,1-2H3,(H,19,22). The predicted molar refractivity (Wildman–Crippen MR) is 98.6 cm³/mol. The summed E-state index contributed by atoms with van der Waals surface area (Å²) in [6, 6.07) is 14.6. The first-order valence-electron chi connectivity index (χ1n) is 7.73. The van der Waals surface area contributed by atoms with Crippen molar-refractivity contribution in [3.63, 3.8) is 0 Å². The van der Waals surface area contributed by atoms with Crippen LogP contribution in [0.1, 0.15) is 0 Å². The van der Waals surface area contributed by atoms with E-state index < -0.39 is 0 Å². The number of carbonyl (C=O) groups excluding carboxylic acids is 1. The van der Waals surface area contributed by atoms with Gasteiger partial charge in [-0.1, -0.05) is 30.0 Å². The van der Waals surface area contributed by atoms with Crippen LogP contribution in [-0.4, -0.2) is 36.1 Å². The van der Waals surface area contributed by atoms with Crippen molar-refractivity contribution in [1.29, 1.82) is 0 Å². The lowest BCUT2D eigenvalue weighted by Gasteiger charge is -2.07. The molecule has 7 nitrogen and oxygen atoms in total. The Morgan fingerprint density at radius 1 is 1.08 bits per heavy atom. The van der Waals surface area contributed by atoms with Gasteiger partial charge in [-0.05, 0) is 30.3 Å². The molecule has 26 heavy (non-hydrogen) atoms. The Balaban J connectivity index is 1.62. The summed E-state index contributed by atoms with van der Waals surface area (Å²) in [6.45, 7) is 0. The number of anilines is 1. The molecule has 0 saturated carbocycles. The van der Waals surface area contributed by atoms with Gasteiger partial charge in [-0.15, -0.1) is 10.2 Å². The molecule has 0 fully saturated rings. The van der Waals surface area contributed by atoms with Crippen LogP contribution >= 0.6 is 11.8 Å². The van der Waals surface area contributed by atoms with Gasteiger partial charge in [-0.3, -0.25) is 4.79 Å². The van der Waals surface area contributed by atoms with Gasteiger partial charge < -0.3 is 19.2 Å². The van der Waals surface area contributed by atoms with Gasteiger partial charge in [0.25, 0.3) is 5.22 Å². The fourth-order valence-corrected chi connectivity index (χ4v) is 2.76. The lowest BCUT2D eigenvalue weighted by atomic mass is 10.2.